The second-order valence-electron chi connectivity index (χ2n) is 7.36. The molecule has 1 amide bonds. The quantitative estimate of drug-likeness (QED) is 0.823. The number of benzene rings is 1. The summed E-state index contributed by atoms with van der Waals surface area (Å²) in [7, 11) is 1.64. The molecule has 28 heavy (non-hydrogen) atoms. The van der Waals surface area contributed by atoms with E-state index in [-0.39, 0.29) is 11.9 Å². The topological polar surface area (TPSA) is 76.6 Å². The van der Waals surface area contributed by atoms with Crippen LogP contribution in [-0.4, -0.2) is 55.3 Å². The summed E-state index contributed by atoms with van der Waals surface area (Å²) in [5.41, 5.74) is 2.05. The molecule has 0 unspecified atom stereocenters. The maximum atomic E-state index is 12.3. The SMILES string of the molecule is COc1ccc(CC(=O)NC2CC(c3cc(N4CCOCC4)ncn3)C2)cc1. The average Bonchev–Trinajstić information content (AvgIpc) is 2.72. The first-order valence-corrected chi connectivity index (χ1v) is 9.78. The highest BCUT2D eigenvalue weighted by atomic mass is 16.5. The van der Waals surface area contributed by atoms with E-state index in [1.165, 1.54) is 0 Å². The Labute approximate surface area is 165 Å². The van der Waals surface area contributed by atoms with Crippen molar-refractivity contribution in [2.75, 3.05) is 38.3 Å². The van der Waals surface area contributed by atoms with E-state index < -0.39 is 0 Å². The number of amides is 1. The first kappa shape index (κ1) is 18.7. The zero-order valence-electron chi connectivity index (χ0n) is 16.1. The van der Waals surface area contributed by atoms with E-state index in [0.717, 1.165) is 62.0 Å². The smallest absolute Gasteiger partial charge is 0.224 e. The van der Waals surface area contributed by atoms with Gasteiger partial charge in [0.15, 0.2) is 0 Å². The van der Waals surface area contributed by atoms with Crippen LogP contribution in [0, 0.1) is 0 Å². The number of aromatic nitrogens is 2. The van der Waals surface area contributed by atoms with Crippen LogP contribution < -0.4 is 15.0 Å². The maximum Gasteiger partial charge on any atom is 0.224 e. The van der Waals surface area contributed by atoms with Gasteiger partial charge in [-0.3, -0.25) is 4.79 Å². The lowest BCUT2D eigenvalue weighted by Gasteiger charge is -2.36. The zero-order chi connectivity index (χ0) is 19.3. The highest BCUT2D eigenvalue weighted by Gasteiger charge is 2.32. The summed E-state index contributed by atoms with van der Waals surface area (Å²) in [6.07, 6.45) is 3.89. The van der Waals surface area contributed by atoms with Crippen LogP contribution in [0.25, 0.3) is 0 Å². The lowest BCUT2D eigenvalue weighted by molar-refractivity contribution is -0.121. The third kappa shape index (κ3) is 4.42. The number of morpholine rings is 1. The molecule has 1 aromatic carbocycles. The lowest BCUT2D eigenvalue weighted by Crippen LogP contribution is -2.44. The van der Waals surface area contributed by atoms with Crippen LogP contribution in [0.5, 0.6) is 5.75 Å². The molecule has 1 aliphatic heterocycles. The third-order valence-electron chi connectivity index (χ3n) is 5.45. The van der Waals surface area contributed by atoms with E-state index in [4.69, 9.17) is 9.47 Å². The molecule has 4 rings (SSSR count). The Hall–Kier alpha value is -2.67. The van der Waals surface area contributed by atoms with Gasteiger partial charge in [0.25, 0.3) is 0 Å². The van der Waals surface area contributed by atoms with Crippen molar-refractivity contribution in [1.29, 1.82) is 0 Å². The number of carbonyl (C=O) groups excluding carboxylic acids is 1. The number of rotatable bonds is 6. The summed E-state index contributed by atoms with van der Waals surface area (Å²) >= 11 is 0. The Morgan fingerprint density at radius 1 is 1.21 bits per heavy atom. The molecule has 1 aromatic heterocycles. The highest BCUT2D eigenvalue weighted by Crippen LogP contribution is 2.36. The van der Waals surface area contributed by atoms with Gasteiger partial charge in [0.05, 0.1) is 26.7 Å². The maximum absolute atomic E-state index is 12.3. The van der Waals surface area contributed by atoms with Crippen LogP contribution in [0.4, 0.5) is 5.82 Å². The predicted molar refractivity (Wildman–Crippen MR) is 106 cm³/mol. The number of hydrogen-bond acceptors (Lipinski definition) is 6. The number of hydrogen-bond donors (Lipinski definition) is 1. The van der Waals surface area contributed by atoms with Crippen LogP contribution in [0.1, 0.15) is 30.0 Å². The van der Waals surface area contributed by atoms with Crippen LogP contribution >= 0.6 is 0 Å². The Balaban J connectivity index is 1.26. The molecule has 7 heteroatoms. The first-order valence-electron chi connectivity index (χ1n) is 9.78. The molecule has 0 spiro atoms. The second kappa shape index (κ2) is 8.56. The molecule has 1 N–H and O–H groups in total. The van der Waals surface area contributed by atoms with Gasteiger partial charge in [0.1, 0.15) is 17.9 Å². The van der Waals surface area contributed by atoms with Gasteiger partial charge in [-0.2, -0.15) is 0 Å². The molecule has 0 atom stereocenters. The van der Waals surface area contributed by atoms with Gasteiger partial charge in [0.2, 0.25) is 5.91 Å². The normalized spacial score (nSPS) is 21.7. The van der Waals surface area contributed by atoms with Crippen LogP contribution in [0.2, 0.25) is 0 Å². The van der Waals surface area contributed by atoms with E-state index in [1.807, 2.05) is 24.3 Å². The fraction of sp³-hybridized carbons (Fsp3) is 0.476. The monoisotopic (exact) mass is 382 g/mol. The number of nitrogens with one attached hydrogen (secondary N) is 1. The van der Waals surface area contributed by atoms with Gasteiger partial charge in [-0.05, 0) is 30.5 Å². The van der Waals surface area contributed by atoms with Crippen molar-refractivity contribution in [3.63, 3.8) is 0 Å². The van der Waals surface area contributed by atoms with Crippen molar-refractivity contribution in [3.05, 3.63) is 47.9 Å². The summed E-state index contributed by atoms with van der Waals surface area (Å²) in [5.74, 6) is 2.21. The van der Waals surface area contributed by atoms with Crippen molar-refractivity contribution in [3.8, 4) is 5.75 Å². The molecular weight excluding hydrogens is 356 g/mol. The molecule has 2 aromatic rings. The minimum atomic E-state index is 0.0605. The van der Waals surface area contributed by atoms with Gasteiger partial charge in [-0.25, -0.2) is 9.97 Å². The van der Waals surface area contributed by atoms with Crippen molar-refractivity contribution in [2.24, 2.45) is 0 Å². The lowest BCUT2D eigenvalue weighted by atomic mass is 9.78. The first-order chi connectivity index (χ1) is 13.7. The molecule has 1 saturated heterocycles. The van der Waals surface area contributed by atoms with Gasteiger partial charge in [-0.1, -0.05) is 12.1 Å². The van der Waals surface area contributed by atoms with Crippen LogP contribution in [0.15, 0.2) is 36.7 Å². The number of carbonyl (C=O) groups is 1. The molecule has 148 valence electrons. The van der Waals surface area contributed by atoms with Gasteiger partial charge >= 0.3 is 0 Å². The Morgan fingerprint density at radius 2 is 1.96 bits per heavy atom. The van der Waals surface area contributed by atoms with Crippen LogP contribution in [0.3, 0.4) is 0 Å². The summed E-state index contributed by atoms with van der Waals surface area (Å²) in [5, 5.41) is 3.13. The summed E-state index contributed by atoms with van der Waals surface area (Å²) in [4.78, 5) is 23.4. The summed E-state index contributed by atoms with van der Waals surface area (Å²) < 4.78 is 10.6. The number of ether oxygens (including phenoxy) is 2. The molecule has 1 aliphatic carbocycles. The molecule has 2 fully saturated rings. The summed E-state index contributed by atoms with van der Waals surface area (Å²) in [6.45, 7) is 3.21. The zero-order valence-corrected chi connectivity index (χ0v) is 16.1. The number of methoxy groups -OCH3 is 1. The number of nitrogens with zero attached hydrogens (tertiary/aromatic N) is 3. The molecule has 1 saturated carbocycles. The standard InChI is InChI=1S/C21H26N4O3/c1-27-18-4-2-15(3-5-18)10-21(26)24-17-11-16(12-17)19-13-20(23-14-22-19)25-6-8-28-9-7-25/h2-5,13-14,16-17H,6-12H2,1H3,(H,24,26). The fourth-order valence-electron chi connectivity index (χ4n) is 3.73. The molecule has 0 radical (unpaired) electrons. The molecular formula is C21H26N4O3. The minimum Gasteiger partial charge on any atom is -0.497 e. The largest absolute Gasteiger partial charge is 0.497 e. The van der Waals surface area contributed by atoms with Crippen molar-refractivity contribution < 1.29 is 14.3 Å². The van der Waals surface area contributed by atoms with E-state index >= 15 is 0 Å². The third-order valence-corrected chi connectivity index (χ3v) is 5.45. The van der Waals surface area contributed by atoms with Gasteiger partial charge in [0, 0.05) is 36.8 Å². The van der Waals surface area contributed by atoms with Crippen molar-refractivity contribution >= 4 is 11.7 Å². The van der Waals surface area contributed by atoms with Crippen molar-refractivity contribution in [2.45, 2.75) is 31.2 Å². The Bertz CT molecular complexity index is 800. The summed E-state index contributed by atoms with van der Waals surface area (Å²) in [6, 6.07) is 9.92. The van der Waals surface area contributed by atoms with E-state index in [9.17, 15) is 4.79 Å². The van der Waals surface area contributed by atoms with Crippen molar-refractivity contribution in [1.82, 2.24) is 15.3 Å². The van der Waals surface area contributed by atoms with Gasteiger partial charge in [-0.15, -0.1) is 0 Å². The second-order valence-corrected chi connectivity index (χ2v) is 7.36. The van der Waals surface area contributed by atoms with E-state index in [2.05, 4.69) is 26.3 Å². The van der Waals surface area contributed by atoms with Crippen LogP contribution in [-0.2, 0) is 16.0 Å². The molecule has 2 aliphatic rings. The minimum absolute atomic E-state index is 0.0605. The van der Waals surface area contributed by atoms with Gasteiger partial charge < -0.3 is 19.7 Å². The predicted octanol–water partition coefficient (Wildman–Crippen LogP) is 1.93. The average molecular weight is 382 g/mol. The highest BCUT2D eigenvalue weighted by molar-refractivity contribution is 5.79. The van der Waals surface area contributed by atoms with E-state index in [0.29, 0.717) is 12.3 Å². The van der Waals surface area contributed by atoms with E-state index in [1.54, 1.807) is 13.4 Å². The Kier molecular flexibility index (Phi) is 5.71. The Morgan fingerprint density at radius 3 is 2.68 bits per heavy atom. The number of anilines is 1. The molecule has 7 nitrogen and oxygen atoms in total. The molecule has 2 heterocycles. The molecule has 0 bridgehead atoms. The fourth-order valence-corrected chi connectivity index (χ4v) is 3.73.